The minimum absolute atomic E-state index is 0.531. The maximum Gasteiger partial charge on any atom is 0.160 e. The average Bonchev–Trinajstić information content (AvgIpc) is 3.04. The number of carbonyl (C=O) groups excluding carboxylic acids is 1. The molecule has 2 aromatic rings. The Balaban J connectivity index is 1.68. The predicted octanol–water partition coefficient (Wildman–Crippen LogP) is 3.63. The number of carbonyl (C=O) groups is 1. The minimum Gasteiger partial charge on any atom is -0.489 e. The van der Waals surface area contributed by atoms with Crippen LogP contribution in [0.4, 0.5) is 0 Å². The van der Waals surface area contributed by atoms with Gasteiger partial charge in [-0.05, 0) is 54.0 Å². The molecule has 0 unspecified atom stereocenters. The fourth-order valence-electron chi connectivity index (χ4n) is 2.34. The highest BCUT2D eigenvalue weighted by atomic mass is 32.1. The van der Waals surface area contributed by atoms with Crippen molar-refractivity contribution in [1.29, 1.82) is 0 Å². The molecule has 2 nitrogen and oxygen atoms in total. The average molecular weight is 258 g/mol. The van der Waals surface area contributed by atoms with Gasteiger partial charge < -0.3 is 4.74 Å². The van der Waals surface area contributed by atoms with Gasteiger partial charge in [0.2, 0.25) is 0 Å². The molecule has 1 heterocycles. The van der Waals surface area contributed by atoms with E-state index >= 15 is 0 Å². The standard InChI is InChI=1S/C15H14O2S/c16-8-15-6-11(10-18-15)9-17-14-5-4-12-2-1-3-13(12)7-14/h4-8,10H,1-3,9H2. The van der Waals surface area contributed by atoms with E-state index in [0.717, 1.165) is 22.5 Å². The van der Waals surface area contributed by atoms with E-state index < -0.39 is 0 Å². The van der Waals surface area contributed by atoms with Crippen LogP contribution < -0.4 is 4.74 Å². The van der Waals surface area contributed by atoms with Crippen LogP contribution in [-0.4, -0.2) is 6.29 Å². The van der Waals surface area contributed by atoms with E-state index in [9.17, 15) is 4.79 Å². The third kappa shape index (κ3) is 2.31. The molecule has 92 valence electrons. The summed E-state index contributed by atoms with van der Waals surface area (Å²) in [7, 11) is 0. The molecule has 0 fully saturated rings. The van der Waals surface area contributed by atoms with Crippen LogP contribution in [0.3, 0.4) is 0 Å². The molecule has 18 heavy (non-hydrogen) atoms. The van der Waals surface area contributed by atoms with E-state index in [4.69, 9.17) is 4.74 Å². The summed E-state index contributed by atoms with van der Waals surface area (Å²) in [5.41, 5.74) is 3.94. The van der Waals surface area contributed by atoms with Gasteiger partial charge in [-0.2, -0.15) is 0 Å². The van der Waals surface area contributed by atoms with Gasteiger partial charge >= 0.3 is 0 Å². The molecule has 1 aliphatic rings. The summed E-state index contributed by atoms with van der Waals surface area (Å²) in [6.07, 6.45) is 4.50. The first-order chi connectivity index (χ1) is 8.85. The number of hydrogen-bond donors (Lipinski definition) is 0. The van der Waals surface area contributed by atoms with E-state index in [-0.39, 0.29) is 0 Å². The Morgan fingerprint density at radius 3 is 2.94 bits per heavy atom. The minimum atomic E-state index is 0.531. The Morgan fingerprint density at radius 1 is 1.22 bits per heavy atom. The van der Waals surface area contributed by atoms with Crippen LogP contribution >= 0.6 is 11.3 Å². The number of hydrogen-bond acceptors (Lipinski definition) is 3. The van der Waals surface area contributed by atoms with Gasteiger partial charge in [-0.15, -0.1) is 11.3 Å². The Hall–Kier alpha value is -1.61. The summed E-state index contributed by atoms with van der Waals surface area (Å²) in [4.78, 5) is 11.3. The molecule has 0 aliphatic heterocycles. The molecular weight excluding hydrogens is 244 g/mol. The lowest BCUT2D eigenvalue weighted by atomic mass is 10.1. The normalized spacial score (nSPS) is 13.3. The molecule has 0 amide bonds. The summed E-state index contributed by atoms with van der Waals surface area (Å²) in [6, 6.07) is 8.24. The number of aryl methyl sites for hydroxylation is 2. The summed E-state index contributed by atoms with van der Waals surface area (Å²) < 4.78 is 5.77. The van der Waals surface area contributed by atoms with Gasteiger partial charge in [-0.25, -0.2) is 0 Å². The number of aldehydes is 1. The lowest BCUT2D eigenvalue weighted by Crippen LogP contribution is -1.94. The van der Waals surface area contributed by atoms with E-state index in [1.54, 1.807) is 0 Å². The molecular formula is C15H14O2S. The molecule has 1 aliphatic carbocycles. The Labute approximate surface area is 110 Å². The maximum absolute atomic E-state index is 10.6. The summed E-state index contributed by atoms with van der Waals surface area (Å²) >= 11 is 1.46. The second-order valence-electron chi connectivity index (χ2n) is 4.55. The first-order valence-corrected chi connectivity index (χ1v) is 7.00. The fourth-order valence-corrected chi connectivity index (χ4v) is 3.04. The molecule has 3 heteroatoms. The fraction of sp³-hybridized carbons (Fsp3) is 0.267. The zero-order valence-corrected chi connectivity index (χ0v) is 10.8. The molecule has 0 radical (unpaired) electrons. The van der Waals surface area contributed by atoms with E-state index in [2.05, 4.69) is 12.1 Å². The van der Waals surface area contributed by atoms with E-state index in [1.807, 2.05) is 17.5 Å². The summed E-state index contributed by atoms with van der Waals surface area (Å²) in [5.74, 6) is 0.925. The number of fused-ring (bicyclic) bond motifs is 1. The Kier molecular flexibility index (Phi) is 3.15. The maximum atomic E-state index is 10.6. The SMILES string of the molecule is O=Cc1cc(COc2ccc3c(c2)CCC3)cs1. The largest absolute Gasteiger partial charge is 0.489 e. The predicted molar refractivity (Wildman–Crippen MR) is 72.5 cm³/mol. The van der Waals surface area contributed by atoms with Gasteiger partial charge in [0.15, 0.2) is 6.29 Å². The van der Waals surface area contributed by atoms with Gasteiger partial charge in [0.25, 0.3) is 0 Å². The third-order valence-electron chi connectivity index (χ3n) is 3.27. The van der Waals surface area contributed by atoms with Crippen molar-refractivity contribution in [2.24, 2.45) is 0 Å². The molecule has 0 spiro atoms. The quantitative estimate of drug-likeness (QED) is 0.783. The van der Waals surface area contributed by atoms with Crippen molar-refractivity contribution in [3.05, 3.63) is 51.2 Å². The van der Waals surface area contributed by atoms with Crippen molar-refractivity contribution in [1.82, 2.24) is 0 Å². The molecule has 1 aromatic heterocycles. The lowest BCUT2D eigenvalue weighted by Gasteiger charge is -2.07. The van der Waals surface area contributed by atoms with Gasteiger partial charge in [-0.3, -0.25) is 4.79 Å². The smallest absolute Gasteiger partial charge is 0.160 e. The number of ether oxygens (including phenoxy) is 1. The van der Waals surface area contributed by atoms with Crippen molar-refractivity contribution in [2.45, 2.75) is 25.9 Å². The topological polar surface area (TPSA) is 26.3 Å². The van der Waals surface area contributed by atoms with Crippen LogP contribution in [0, 0.1) is 0 Å². The zero-order chi connectivity index (χ0) is 12.4. The molecule has 0 atom stereocenters. The number of rotatable bonds is 4. The van der Waals surface area contributed by atoms with Crippen LogP contribution in [0.1, 0.15) is 32.8 Å². The Bertz CT molecular complexity index is 572. The van der Waals surface area contributed by atoms with Crippen molar-refractivity contribution in [3.63, 3.8) is 0 Å². The van der Waals surface area contributed by atoms with Crippen LogP contribution in [0.25, 0.3) is 0 Å². The summed E-state index contributed by atoms with van der Waals surface area (Å²) in [6.45, 7) is 0.531. The number of benzene rings is 1. The van der Waals surface area contributed by atoms with Crippen molar-refractivity contribution >= 4 is 17.6 Å². The van der Waals surface area contributed by atoms with E-state index in [1.165, 1.54) is 41.7 Å². The summed E-state index contributed by atoms with van der Waals surface area (Å²) in [5, 5.41) is 1.97. The highest BCUT2D eigenvalue weighted by Crippen LogP contribution is 2.26. The number of thiophene rings is 1. The molecule has 0 bridgehead atoms. The second kappa shape index (κ2) is 4.94. The molecule has 0 saturated heterocycles. The van der Waals surface area contributed by atoms with Crippen molar-refractivity contribution in [3.8, 4) is 5.75 Å². The van der Waals surface area contributed by atoms with Gasteiger partial charge in [0.1, 0.15) is 12.4 Å². The second-order valence-corrected chi connectivity index (χ2v) is 5.49. The monoisotopic (exact) mass is 258 g/mol. The van der Waals surface area contributed by atoms with Gasteiger partial charge in [0, 0.05) is 5.56 Å². The molecule has 3 rings (SSSR count). The van der Waals surface area contributed by atoms with E-state index in [0.29, 0.717) is 6.61 Å². The highest BCUT2D eigenvalue weighted by Gasteiger charge is 2.11. The molecule has 1 aromatic carbocycles. The first-order valence-electron chi connectivity index (χ1n) is 6.12. The highest BCUT2D eigenvalue weighted by molar-refractivity contribution is 7.11. The van der Waals surface area contributed by atoms with Crippen LogP contribution in [0.5, 0.6) is 5.75 Å². The van der Waals surface area contributed by atoms with Crippen molar-refractivity contribution < 1.29 is 9.53 Å². The Morgan fingerprint density at radius 2 is 2.11 bits per heavy atom. The van der Waals surface area contributed by atoms with Gasteiger partial charge in [-0.1, -0.05) is 6.07 Å². The van der Waals surface area contributed by atoms with Crippen LogP contribution in [0.2, 0.25) is 0 Å². The third-order valence-corrected chi connectivity index (χ3v) is 4.17. The molecule has 0 N–H and O–H groups in total. The first kappa shape index (κ1) is 11.5. The lowest BCUT2D eigenvalue weighted by molar-refractivity contribution is 0.112. The molecule has 0 saturated carbocycles. The van der Waals surface area contributed by atoms with Crippen molar-refractivity contribution in [2.75, 3.05) is 0 Å². The van der Waals surface area contributed by atoms with Gasteiger partial charge in [0.05, 0.1) is 4.88 Å². The van der Waals surface area contributed by atoms with Crippen LogP contribution in [-0.2, 0) is 19.4 Å². The zero-order valence-electron chi connectivity index (χ0n) is 10.0. The van der Waals surface area contributed by atoms with Crippen LogP contribution in [0.15, 0.2) is 29.6 Å².